The maximum absolute atomic E-state index is 12.1. The molecule has 0 saturated carbocycles. The second-order valence-corrected chi connectivity index (χ2v) is 7.46. The Morgan fingerprint density at radius 2 is 2.14 bits per heavy atom. The van der Waals surface area contributed by atoms with Gasteiger partial charge in [-0.2, -0.15) is 5.10 Å². The fraction of sp³-hybridized carbons (Fsp3) is 0.400. The minimum Gasteiger partial charge on any atom is -0.309 e. The van der Waals surface area contributed by atoms with Crippen molar-refractivity contribution in [3.8, 4) is 0 Å². The quantitative estimate of drug-likeness (QED) is 0.929. The van der Waals surface area contributed by atoms with E-state index in [1.54, 1.807) is 16.8 Å². The zero-order chi connectivity index (χ0) is 14.9. The maximum Gasteiger partial charge on any atom is 0.178 e. The lowest BCUT2D eigenvalue weighted by molar-refractivity contribution is 0.493. The number of hydrogen-bond acceptors (Lipinski definition) is 4. The first kappa shape index (κ1) is 14.3. The number of nitrogens with one attached hydrogen (secondary N) is 1. The molecule has 1 aliphatic rings. The van der Waals surface area contributed by atoms with Crippen LogP contribution in [0.15, 0.2) is 41.4 Å². The molecule has 1 aromatic carbocycles. The number of rotatable bonds is 4. The van der Waals surface area contributed by atoms with E-state index in [0.29, 0.717) is 11.3 Å². The smallest absolute Gasteiger partial charge is 0.178 e. The van der Waals surface area contributed by atoms with E-state index in [1.807, 2.05) is 31.4 Å². The molecule has 0 radical (unpaired) electrons. The third-order valence-corrected chi connectivity index (χ3v) is 5.66. The van der Waals surface area contributed by atoms with Gasteiger partial charge in [-0.25, -0.2) is 8.42 Å². The fourth-order valence-electron chi connectivity index (χ4n) is 2.77. The highest BCUT2D eigenvalue weighted by Crippen LogP contribution is 2.31. The Kier molecular flexibility index (Phi) is 3.82. The predicted molar refractivity (Wildman–Crippen MR) is 80.8 cm³/mol. The molecule has 21 heavy (non-hydrogen) atoms. The summed E-state index contributed by atoms with van der Waals surface area (Å²) in [7, 11) is -1.20. The van der Waals surface area contributed by atoms with Crippen molar-refractivity contribution in [3.63, 3.8) is 0 Å². The number of sulfone groups is 1. The maximum atomic E-state index is 12.1. The molecular formula is C15H19N3O2S. The second-order valence-electron chi connectivity index (χ2n) is 5.38. The van der Waals surface area contributed by atoms with E-state index in [0.717, 1.165) is 24.2 Å². The lowest BCUT2D eigenvalue weighted by Gasteiger charge is -2.26. The molecule has 5 nitrogen and oxygen atoms in total. The van der Waals surface area contributed by atoms with Crippen molar-refractivity contribution in [1.82, 2.24) is 15.1 Å². The molecule has 1 aromatic heterocycles. The molecule has 0 fully saturated rings. The summed E-state index contributed by atoms with van der Waals surface area (Å²) in [5.41, 5.74) is 1.94. The van der Waals surface area contributed by atoms with Crippen LogP contribution < -0.4 is 5.32 Å². The highest BCUT2D eigenvalue weighted by atomic mass is 32.2. The Balaban J connectivity index is 1.69. The summed E-state index contributed by atoms with van der Waals surface area (Å²) in [6.45, 7) is 0.788. The highest BCUT2D eigenvalue weighted by molar-refractivity contribution is 7.91. The van der Waals surface area contributed by atoms with Gasteiger partial charge < -0.3 is 5.32 Å². The number of aromatic nitrogens is 2. The van der Waals surface area contributed by atoms with Gasteiger partial charge in [-0.1, -0.05) is 18.2 Å². The van der Waals surface area contributed by atoms with Crippen LogP contribution >= 0.6 is 0 Å². The minimum atomic E-state index is -3.10. The molecule has 1 aliphatic heterocycles. The van der Waals surface area contributed by atoms with Crippen molar-refractivity contribution in [2.75, 3.05) is 12.3 Å². The van der Waals surface area contributed by atoms with E-state index in [9.17, 15) is 8.42 Å². The molecule has 6 heteroatoms. The van der Waals surface area contributed by atoms with E-state index in [1.165, 1.54) is 0 Å². The Morgan fingerprint density at radius 3 is 2.90 bits per heavy atom. The third-order valence-electron chi connectivity index (χ3n) is 3.85. The van der Waals surface area contributed by atoms with Crippen molar-refractivity contribution in [1.29, 1.82) is 0 Å². The van der Waals surface area contributed by atoms with Crippen LogP contribution in [0.3, 0.4) is 0 Å². The van der Waals surface area contributed by atoms with Gasteiger partial charge in [0.25, 0.3) is 0 Å². The van der Waals surface area contributed by atoms with Crippen LogP contribution in [-0.4, -0.2) is 30.5 Å². The van der Waals surface area contributed by atoms with E-state index in [-0.39, 0.29) is 11.8 Å². The van der Waals surface area contributed by atoms with Crippen LogP contribution in [0.1, 0.15) is 23.7 Å². The number of fused-ring (bicyclic) bond motifs is 1. The van der Waals surface area contributed by atoms with E-state index in [4.69, 9.17) is 0 Å². The molecule has 2 heterocycles. The van der Waals surface area contributed by atoms with Gasteiger partial charge in [-0.15, -0.1) is 0 Å². The van der Waals surface area contributed by atoms with Crippen LogP contribution in [0.2, 0.25) is 0 Å². The zero-order valence-electron chi connectivity index (χ0n) is 12.0. The first-order chi connectivity index (χ1) is 10.1. The number of nitrogens with zero attached hydrogens (tertiary/aromatic N) is 2. The molecule has 2 aromatic rings. The van der Waals surface area contributed by atoms with Crippen LogP contribution in [0.5, 0.6) is 0 Å². The van der Waals surface area contributed by atoms with E-state index in [2.05, 4.69) is 10.4 Å². The molecule has 1 atom stereocenters. The molecule has 1 N–H and O–H groups in total. The molecular weight excluding hydrogens is 286 g/mol. The van der Waals surface area contributed by atoms with Crippen molar-refractivity contribution in [2.24, 2.45) is 7.05 Å². The molecule has 0 aliphatic carbocycles. The Labute approximate surface area is 124 Å². The van der Waals surface area contributed by atoms with Gasteiger partial charge in [0.2, 0.25) is 0 Å². The molecule has 0 amide bonds. The monoisotopic (exact) mass is 305 g/mol. The van der Waals surface area contributed by atoms with Crippen LogP contribution in [-0.2, 0) is 23.3 Å². The third kappa shape index (κ3) is 3.01. The Hall–Kier alpha value is -1.66. The summed E-state index contributed by atoms with van der Waals surface area (Å²) < 4.78 is 25.9. The van der Waals surface area contributed by atoms with Gasteiger partial charge in [0.05, 0.1) is 16.3 Å². The van der Waals surface area contributed by atoms with E-state index < -0.39 is 9.84 Å². The normalized spacial score (nSPS) is 20.1. The topological polar surface area (TPSA) is 64.0 Å². The zero-order valence-corrected chi connectivity index (χ0v) is 12.8. The Morgan fingerprint density at radius 1 is 1.33 bits per heavy atom. The second kappa shape index (κ2) is 5.61. The summed E-state index contributed by atoms with van der Waals surface area (Å²) in [4.78, 5) is 0.478. The van der Waals surface area contributed by atoms with Gasteiger partial charge >= 0.3 is 0 Å². The molecule has 1 unspecified atom stereocenters. The van der Waals surface area contributed by atoms with Gasteiger partial charge in [-0.3, -0.25) is 4.68 Å². The summed E-state index contributed by atoms with van der Waals surface area (Å²) in [5.74, 6) is 0.214. The standard InChI is InChI=1S/C15H19N3O2S/c1-18-10-7-12(17-18)6-9-16-14-8-11-21(19,20)15-5-3-2-4-13(14)15/h2-5,7,10,14,16H,6,8-9,11H2,1H3. The molecule has 0 bridgehead atoms. The first-order valence-corrected chi connectivity index (χ1v) is 8.75. The molecule has 0 saturated heterocycles. The average molecular weight is 305 g/mol. The van der Waals surface area contributed by atoms with Crippen LogP contribution in [0.4, 0.5) is 0 Å². The summed E-state index contributed by atoms with van der Waals surface area (Å²) in [5, 5.41) is 7.80. The SMILES string of the molecule is Cn1ccc(CCNC2CCS(=O)(=O)c3ccccc32)n1. The number of aryl methyl sites for hydroxylation is 1. The minimum absolute atomic E-state index is 0.105. The summed E-state index contributed by atoms with van der Waals surface area (Å²) in [6, 6.07) is 9.40. The van der Waals surface area contributed by atoms with Crippen molar-refractivity contribution in [2.45, 2.75) is 23.8 Å². The molecule has 3 rings (SSSR count). The summed E-state index contributed by atoms with van der Waals surface area (Å²) >= 11 is 0. The van der Waals surface area contributed by atoms with Crippen molar-refractivity contribution in [3.05, 3.63) is 47.8 Å². The first-order valence-electron chi connectivity index (χ1n) is 7.10. The lowest BCUT2D eigenvalue weighted by atomic mass is 10.0. The number of benzene rings is 1. The van der Waals surface area contributed by atoms with Gasteiger partial charge in [-0.05, 0) is 24.1 Å². The van der Waals surface area contributed by atoms with Gasteiger partial charge in [0.1, 0.15) is 0 Å². The Bertz CT molecular complexity index is 737. The largest absolute Gasteiger partial charge is 0.309 e. The van der Waals surface area contributed by atoms with Gasteiger partial charge in [0.15, 0.2) is 9.84 Å². The van der Waals surface area contributed by atoms with Gasteiger partial charge in [0, 0.05) is 32.3 Å². The highest BCUT2D eigenvalue weighted by Gasteiger charge is 2.29. The molecule has 0 spiro atoms. The summed E-state index contributed by atoms with van der Waals surface area (Å²) in [6.07, 6.45) is 3.39. The van der Waals surface area contributed by atoms with Crippen LogP contribution in [0.25, 0.3) is 0 Å². The van der Waals surface area contributed by atoms with Crippen molar-refractivity contribution < 1.29 is 8.42 Å². The number of hydrogen-bond donors (Lipinski definition) is 1. The lowest BCUT2D eigenvalue weighted by Crippen LogP contribution is -2.31. The van der Waals surface area contributed by atoms with E-state index >= 15 is 0 Å². The van der Waals surface area contributed by atoms with Crippen molar-refractivity contribution >= 4 is 9.84 Å². The average Bonchev–Trinajstić information content (AvgIpc) is 2.87. The van der Waals surface area contributed by atoms with Crippen LogP contribution in [0, 0.1) is 0 Å². The predicted octanol–water partition coefficient (Wildman–Crippen LogP) is 1.47. The molecule has 112 valence electrons. The fourth-order valence-corrected chi connectivity index (χ4v) is 4.39.